The highest BCUT2D eigenvalue weighted by Gasteiger charge is 2.20. The number of amides is 1. The van der Waals surface area contributed by atoms with Crippen LogP contribution in [0.4, 0.5) is 5.13 Å². The molecule has 5 rings (SSSR count). The van der Waals surface area contributed by atoms with Gasteiger partial charge in [0.05, 0.1) is 11.4 Å². The Morgan fingerprint density at radius 3 is 2.90 bits per heavy atom. The molecule has 0 fully saturated rings. The predicted octanol–water partition coefficient (Wildman–Crippen LogP) is 5.06. The Morgan fingerprint density at radius 1 is 1.26 bits per heavy atom. The number of nitrogens with zero attached hydrogens (tertiary/aromatic N) is 3. The first-order chi connectivity index (χ1) is 15.0. The number of fused-ring (bicyclic) bond motifs is 2. The molecule has 3 aromatic heterocycles. The molecule has 1 N–H and O–H groups in total. The molecule has 0 radical (unpaired) electrons. The smallest absolute Gasteiger partial charge is 0.257 e. The summed E-state index contributed by atoms with van der Waals surface area (Å²) in [6.07, 6.45) is 7.17. The number of carbonyl (C=O) groups is 1. The number of ether oxygens (including phenoxy) is 1. The summed E-state index contributed by atoms with van der Waals surface area (Å²) in [5, 5.41) is 3.63. The van der Waals surface area contributed by atoms with Gasteiger partial charge in [-0.2, -0.15) is 0 Å². The van der Waals surface area contributed by atoms with Crippen molar-refractivity contribution in [2.24, 2.45) is 5.92 Å². The van der Waals surface area contributed by atoms with Gasteiger partial charge >= 0.3 is 0 Å². The van der Waals surface area contributed by atoms with Crippen LogP contribution in [0, 0.1) is 12.8 Å². The molecule has 0 bridgehead atoms. The molecule has 3 heterocycles. The Bertz CT molecular complexity index is 1240. The summed E-state index contributed by atoms with van der Waals surface area (Å²) in [6, 6.07) is 11.2. The second-order valence-corrected chi connectivity index (χ2v) is 9.24. The van der Waals surface area contributed by atoms with Crippen molar-refractivity contribution in [1.29, 1.82) is 0 Å². The monoisotopic (exact) mass is 432 g/mol. The Labute approximate surface area is 184 Å². The fourth-order valence-corrected chi connectivity index (χ4v) is 5.06. The Kier molecular flexibility index (Phi) is 5.19. The molecule has 0 aliphatic heterocycles. The molecule has 1 aliphatic carbocycles. The molecule has 0 saturated heterocycles. The van der Waals surface area contributed by atoms with Crippen LogP contribution in [0.3, 0.4) is 0 Å². The molecule has 1 aliphatic rings. The Balaban J connectivity index is 1.21. The van der Waals surface area contributed by atoms with Crippen molar-refractivity contribution in [2.45, 2.75) is 39.7 Å². The topological polar surface area (TPSA) is 68.5 Å². The number of anilines is 1. The van der Waals surface area contributed by atoms with Crippen LogP contribution in [0.25, 0.3) is 5.65 Å². The van der Waals surface area contributed by atoms with Gasteiger partial charge in [0.25, 0.3) is 5.91 Å². The van der Waals surface area contributed by atoms with E-state index in [2.05, 4.69) is 22.2 Å². The summed E-state index contributed by atoms with van der Waals surface area (Å²) < 4.78 is 7.86. The summed E-state index contributed by atoms with van der Waals surface area (Å²) in [5.41, 5.74) is 4.64. The third-order valence-electron chi connectivity index (χ3n) is 5.64. The van der Waals surface area contributed by atoms with Crippen molar-refractivity contribution in [1.82, 2.24) is 14.4 Å². The normalized spacial score (nSPS) is 15.6. The molecule has 7 heteroatoms. The minimum atomic E-state index is -0.151. The number of aryl methyl sites for hydroxylation is 2. The molecular weight excluding hydrogens is 408 g/mol. The lowest BCUT2D eigenvalue weighted by Crippen LogP contribution is -2.12. The number of thiazole rings is 1. The van der Waals surface area contributed by atoms with E-state index in [1.54, 1.807) is 23.5 Å². The van der Waals surface area contributed by atoms with Gasteiger partial charge < -0.3 is 9.14 Å². The second-order valence-electron chi connectivity index (χ2n) is 8.16. The zero-order valence-electron chi connectivity index (χ0n) is 17.6. The number of hydrogen-bond acceptors (Lipinski definition) is 5. The van der Waals surface area contributed by atoms with Crippen LogP contribution in [0.5, 0.6) is 5.75 Å². The summed E-state index contributed by atoms with van der Waals surface area (Å²) >= 11 is 1.60. The van der Waals surface area contributed by atoms with Crippen LogP contribution >= 0.6 is 11.3 Å². The van der Waals surface area contributed by atoms with Crippen molar-refractivity contribution in [3.63, 3.8) is 0 Å². The van der Waals surface area contributed by atoms with E-state index < -0.39 is 0 Å². The lowest BCUT2D eigenvalue weighted by atomic mass is 9.93. The van der Waals surface area contributed by atoms with Crippen LogP contribution < -0.4 is 10.1 Å². The summed E-state index contributed by atoms with van der Waals surface area (Å²) in [4.78, 5) is 23.1. The van der Waals surface area contributed by atoms with E-state index >= 15 is 0 Å². The lowest BCUT2D eigenvalue weighted by Gasteiger charge is -2.15. The van der Waals surface area contributed by atoms with Gasteiger partial charge in [0, 0.05) is 22.8 Å². The number of aromatic nitrogens is 3. The first kappa shape index (κ1) is 19.8. The van der Waals surface area contributed by atoms with E-state index in [9.17, 15) is 4.79 Å². The fraction of sp³-hybridized carbons (Fsp3) is 0.292. The number of benzene rings is 1. The maximum absolute atomic E-state index is 12.6. The van der Waals surface area contributed by atoms with E-state index in [1.165, 1.54) is 11.3 Å². The third kappa shape index (κ3) is 4.18. The number of nitrogens with one attached hydrogen (secondary N) is 1. The van der Waals surface area contributed by atoms with Crippen LogP contribution in [0.1, 0.15) is 45.5 Å². The largest absolute Gasteiger partial charge is 0.487 e. The first-order valence-corrected chi connectivity index (χ1v) is 11.3. The SMILES string of the molecule is Cc1cccn2cc(COc3ccc(C(=O)Nc4nc5c(s4)CC(C)CC5)cc3)nc12. The molecule has 6 nitrogen and oxygen atoms in total. The average Bonchev–Trinajstić information content (AvgIpc) is 3.36. The van der Waals surface area contributed by atoms with Gasteiger partial charge in [0.15, 0.2) is 5.13 Å². The lowest BCUT2D eigenvalue weighted by molar-refractivity contribution is 0.102. The highest BCUT2D eigenvalue weighted by molar-refractivity contribution is 7.15. The molecule has 1 aromatic carbocycles. The summed E-state index contributed by atoms with van der Waals surface area (Å²) in [7, 11) is 0. The minimum Gasteiger partial charge on any atom is -0.487 e. The fourth-order valence-electron chi connectivity index (χ4n) is 3.90. The van der Waals surface area contributed by atoms with Gasteiger partial charge in [0.1, 0.15) is 18.0 Å². The van der Waals surface area contributed by atoms with Crippen molar-refractivity contribution < 1.29 is 9.53 Å². The molecule has 0 saturated carbocycles. The Hall–Kier alpha value is -3.19. The van der Waals surface area contributed by atoms with Gasteiger partial charge in [-0.1, -0.05) is 13.0 Å². The van der Waals surface area contributed by atoms with E-state index in [0.717, 1.165) is 35.4 Å². The maximum atomic E-state index is 12.6. The van der Waals surface area contributed by atoms with Crippen molar-refractivity contribution in [3.8, 4) is 5.75 Å². The van der Waals surface area contributed by atoms with Crippen molar-refractivity contribution in [3.05, 3.63) is 76.2 Å². The predicted molar refractivity (Wildman–Crippen MR) is 122 cm³/mol. The molecule has 158 valence electrons. The molecule has 1 unspecified atom stereocenters. The number of rotatable bonds is 5. The third-order valence-corrected chi connectivity index (χ3v) is 6.67. The number of hydrogen-bond donors (Lipinski definition) is 1. The zero-order chi connectivity index (χ0) is 21.4. The van der Waals surface area contributed by atoms with Gasteiger partial charge in [0.2, 0.25) is 0 Å². The average molecular weight is 433 g/mol. The van der Waals surface area contributed by atoms with Crippen molar-refractivity contribution in [2.75, 3.05) is 5.32 Å². The van der Waals surface area contributed by atoms with Crippen LogP contribution in [0.15, 0.2) is 48.8 Å². The standard InChI is InChI=1S/C24H24N4O2S/c1-15-5-10-20-21(12-15)31-24(26-20)27-23(29)17-6-8-19(9-7-17)30-14-18-13-28-11-3-4-16(2)22(28)25-18/h3-4,6-9,11,13,15H,5,10,12,14H2,1-2H3,(H,26,27,29). The number of carbonyl (C=O) groups excluding carboxylic acids is 1. The minimum absolute atomic E-state index is 0.151. The molecule has 1 atom stereocenters. The quantitative estimate of drug-likeness (QED) is 0.479. The van der Waals surface area contributed by atoms with Gasteiger partial charge in [-0.25, -0.2) is 9.97 Å². The molecular formula is C24H24N4O2S. The van der Waals surface area contributed by atoms with E-state index in [1.807, 2.05) is 48.0 Å². The van der Waals surface area contributed by atoms with Crippen LogP contribution in [0.2, 0.25) is 0 Å². The van der Waals surface area contributed by atoms with Gasteiger partial charge in [-0.15, -0.1) is 11.3 Å². The summed E-state index contributed by atoms with van der Waals surface area (Å²) in [5.74, 6) is 1.24. The number of pyridine rings is 1. The van der Waals surface area contributed by atoms with E-state index in [0.29, 0.717) is 29.0 Å². The summed E-state index contributed by atoms with van der Waals surface area (Å²) in [6.45, 7) is 4.68. The van der Waals surface area contributed by atoms with Gasteiger partial charge in [-0.3, -0.25) is 10.1 Å². The zero-order valence-corrected chi connectivity index (χ0v) is 18.4. The molecule has 0 spiro atoms. The highest BCUT2D eigenvalue weighted by Crippen LogP contribution is 2.32. The molecule has 31 heavy (non-hydrogen) atoms. The molecule has 1 amide bonds. The van der Waals surface area contributed by atoms with Crippen LogP contribution in [-0.4, -0.2) is 20.3 Å². The number of imidazole rings is 1. The van der Waals surface area contributed by atoms with Crippen LogP contribution in [-0.2, 0) is 19.4 Å². The van der Waals surface area contributed by atoms with Gasteiger partial charge in [-0.05, 0) is 68.0 Å². The van der Waals surface area contributed by atoms with E-state index in [4.69, 9.17) is 4.74 Å². The van der Waals surface area contributed by atoms with Crippen molar-refractivity contribution >= 4 is 28.0 Å². The highest BCUT2D eigenvalue weighted by atomic mass is 32.1. The molecule has 4 aromatic rings. The maximum Gasteiger partial charge on any atom is 0.257 e. The van der Waals surface area contributed by atoms with E-state index in [-0.39, 0.29) is 5.91 Å². The second kappa shape index (κ2) is 8.15. The first-order valence-electron chi connectivity index (χ1n) is 10.5. The Morgan fingerprint density at radius 2 is 2.10 bits per heavy atom.